The topological polar surface area (TPSA) is 100 Å². The molecule has 0 unspecified atom stereocenters. The molecule has 2 N–H and O–H groups in total. The fourth-order valence-electron chi connectivity index (χ4n) is 3.11. The third kappa shape index (κ3) is 7.10. The number of hydrogen-bond acceptors (Lipinski definition) is 5. The quantitative estimate of drug-likeness (QED) is 0.300. The molecule has 2 amide bonds. The Bertz CT molecular complexity index is 1280. The van der Waals surface area contributed by atoms with Gasteiger partial charge in [-0.1, -0.05) is 41.9 Å². The number of carbonyl (C=O) groups excluding carboxylic acids is 2. The predicted molar refractivity (Wildman–Crippen MR) is 137 cm³/mol. The highest BCUT2D eigenvalue weighted by atomic mass is 35.5. The van der Waals surface area contributed by atoms with E-state index in [-0.39, 0.29) is 18.1 Å². The SMILES string of the molecule is CCOc1cc(/C=C(\C#N)C(=O)Nc2cccc(Cl)c2C)ccc1OCC(=O)Nc1ccccc1. The predicted octanol–water partition coefficient (Wildman–Crippen LogP) is 5.61. The van der Waals surface area contributed by atoms with Crippen LogP contribution >= 0.6 is 11.6 Å². The maximum atomic E-state index is 12.7. The van der Waals surface area contributed by atoms with Crippen molar-refractivity contribution in [1.82, 2.24) is 0 Å². The zero-order valence-electron chi connectivity index (χ0n) is 19.3. The maximum Gasteiger partial charge on any atom is 0.266 e. The number of nitriles is 1. The Morgan fingerprint density at radius 3 is 2.49 bits per heavy atom. The first-order chi connectivity index (χ1) is 16.9. The van der Waals surface area contributed by atoms with Crippen LogP contribution < -0.4 is 20.1 Å². The van der Waals surface area contributed by atoms with Crippen LogP contribution in [0.15, 0.2) is 72.3 Å². The van der Waals surface area contributed by atoms with Gasteiger partial charge in [-0.3, -0.25) is 9.59 Å². The van der Waals surface area contributed by atoms with Gasteiger partial charge in [0.2, 0.25) is 0 Å². The summed E-state index contributed by atoms with van der Waals surface area (Å²) in [6.45, 7) is 3.74. The van der Waals surface area contributed by atoms with Crippen molar-refractivity contribution in [1.29, 1.82) is 5.26 Å². The normalized spacial score (nSPS) is 10.7. The number of hydrogen-bond donors (Lipinski definition) is 2. The molecule has 0 heterocycles. The average Bonchev–Trinajstić information content (AvgIpc) is 2.85. The first kappa shape index (κ1) is 25.3. The van der Waals surface area contributed by atoms with Crippen molar-refractivity contribution in [2.24, 2.45) is 0 Å². The van der Waals surface area contributed by atoms with Crippen molar-refractivity contribution in [2.75, 3.05) is 23.8 Å². The molecule has 0 saturated heterocycles. The van der Waals surface area contributed by atoms with Gasteiger partial charge in [0.1, 0.15) is 11.6 Å². The lowest BCUT2D eigenvalue weighted by Crippen LogP contribution is -2.20. The molecule has 0 radical (unpaired) electrons. The molecule has 3 rings (SSSR count). The number of benzene rings is 3. The van der Waals surface area contributed by atoms with Crippen molar-refractivity contribution in [3.05, 3.63) is 88.5 Å². The number of ether oxygens (including phenoxy) is 2. The fraction of sp³-hybridized carbons (Fsp3) is 0.148. The lowest BCUT2D eigenvalue weighted by atomic mass is 10.1. The van der Waals surface area contributed by atoms with Crippen LogP contribution in [0.2, 0.25) is 5.02 Å². The van der Waals surface area contributed by atoms with E-state index in [1.54, 1.807) is 55.5 Å². The van der Waals surface area contributed by atoms with Crippen molar-refractivity contribution in [3.63, 3.8) is 0 Å². The van der Waals surface area contributed by atoms with E-state index in [1.807, 2.05) is 31.2 Å². The van der Waals surface area contributed by atoms with E-state index < -0.39 is 5.91 Å². The van der Waals surface area contributed by atoms with Crippen LogP contribution in [-0.4, -0.2) is 25.0 Å². The Hall–Kier alpha value is -4.28. The molecule has 7 nitrogen and oxygen atoms in total. The Morgan fingerprint density at radius 1 is 1.00 bits per heavy atom. The molecule has 0 aliphatic rings. The van der Waals surface area contributed by atoms with Crippen LogP contribution in [-0.2, 0) is 9.59 Å². The highest BCUT2D eigenvalue weighted by Crippen LogP contribution is 2.30. The van der Waals surface area contributed by atoms with E-state index >= 15 is 0 Å². The minimum absolute atomic E-state index is 0.0947. The lowest BCUT2D eigenvalue weighted by Gasteiger charge is -2.13. The van der Waals surface area contributed by atoms with E-state index in [4.69, 9.17) is 21.1 Å². The second kappa shape index (κ2) is 12.3. The zero-order valence-corrected chi connectivity index (χ0v) is 20.1. The standard InChI is InChI=1S/C27H24ClN3O4/c1-3-34-25-15-19(12-13-24(25)35-17-26(32)30-21-8-5-4-6-9-21)14-20(16-29)27(33)31-23-11-7-10-22(28)18(23)2/h4-15H,3,17H2,1-2H3,(H,30,32)(H,31,33)/b20-14+. The van der Waals surface area contributed by atoms with Crippen LogP contribution in [0.25, 0.3) is 6.08 Å². The highest BCUT2D eigenvalue weighted by molar-refractivity contribution is 6.31. The first-order valence-electron chi connectivity index (χ1n) is 10.8. The van der Waals surface area contributed by atoms with Gasteiger partial charge in [-0.15, -0.1) is 0 Å². The fourth-order valence-corrected chi connectivity index (χ4v) is 3.29. The molecule has 0 bridgehead atoms. The highest BCUT2D eigenvalue weighted by Gasteiger charge is 2.14. The summed E-state index contributed by atoms with van der Waals surface area (Å²) in [5, 5.41) is 15.5. The molecule has 3 aromatic rings. The number of nitrogens with one attached hydrogen (secondary N) is 2. The molecular formula is C27H24ClN3O4. The molecule has 0 fully saturated rings. The largest absolute Gasteiger partial charge is 0.490 e. The number of rotatable bonds is 9. The van der Waals surface area contributed by atoms with Gasteiger partial charge in [0.05, 0.1) is 6.61 Å². The minimum atomic E-state index is -0.561. The van der Waals surface area contributed by atoms with Crippen LogP contribution in [0, 0.1) is 18.3 Å². The summed E-state index contributed by atoms with van der Waals surface area (Å²) in [4.78, 5) is 24.9. The second-order valence-electron chi connectivity index (χ2n) is 7.38. The van der Waals surface area contributed by atoms with Gasteiger partial charge in [-0.25, -0.2) is 0 Å². The van der Waals surface area contributed by atoms with E-state index in [9.17, 15) is 14.9 Å². The van der Waals surface area contributed by atoms with Gasteiger partial charge in [0, 0.05) is 16.4 Å². The Morgan fingerprint density at radius 2 is 1.77 bits per heavy atom. The van der Waals surface area contributed by atoms with Crippen LogP contribution in [0.3, 0.4) is 0 Å². The molecule has 0 aliphatic carbocycles. The van der Waals surface area contributed by atoms with Crippen molar-refractivity contribution in [2.45, 2.75) is 13.8 Å². The monoisotopic (exact) mass is 489 g/mol. The lowest BCUT2D eigenvalue weighted by molar-refractivity contribution is -0.118. The molecule has 0 aliphatic heterocycles. The number of amides is 2. The average molecular weight is 490 g/mol. The molecule has 3 aromatic carbocycles. The molecule has 8 heteroatoms. The van der Waals surface area contributed by atoms with Gasteiger partial charge >= 0.3 is 0 Å². The summed E-state index contributed by atoms with van der Waals surface area (Å²) in [6, 6.07) is 21.1. The summed E-state index contributed by atoms with van der Waals surface area (Å²) < 4.78 is 11.3. The third-order valence-electron chi connectivity index (χ3n) is 4.88. The smallest absolute Gasteiger partial charge is 0.266 e. The second-order valence-corrected chi connectivity index (χ2v) is 7.79. The molecule has 178 valence electrons. The van der Waals surface area contributed by atoms with E-state index in [0.717, 1.165) is 0 Å². The van der Waals surface area contributed by atoms with Crippen molar-refractivity contribution >= 4 is 40.9 Å². The van der Waals surface area contributed by atoms with Gasteiger partial charge < -0.3 is 20.1 Å². The maximum absolute atomic E-state index is 12.7. The van der Waals surface area contributed by atoms with E-state index in [1.165, 1.54) is 6.08 Å². The Kier molecular flexibility index (Phi) is 8.88. The molecule has 0 saturated carbocycles. The minimum Gasteiger partial charge on any atom is -0.490 e. The van der Waals surface area contributed by atoms with Gasteiger partial charge in [-0.05, 0) is 67.4 Å². The molecule has 35 heavy (non-hydrogen) atoms. The summed E-state index contributed by atoms with van der Waals surface area (Å²) >= 11 is 6.11. The third-order valence-corrected chi connectivity index (χ3v) is 5.29. The Balaban J connectivity index is 1.73. The molecule has 0 atom stereocenters. The van der Waals surface area contributed by atoms with Crippen molar-refractivity contribution < 1.29 is 19.1 Å². The first-order valence-corrected chi connectivity index (χ1v) is 11.2. The van der Waals surface area contributed by atoms with Gasteiger partial charge in [0.25, 0.3) is 11.8 Å². The number of carbonyl (C=O) groups is 2. The van der Waals surface area contributed by atoms with Crippen LogP contribution in [0.5, 0.6) is 11.5 Å². The van der Waals surface area contributed by atoms with Crippen LogP contribution in [0.4, 0.5) is 11.4 Å². The van der Waals surface area contributed by atoms with Gasteiger partial charge in [0.15, 0.2) is 18.1 Å². The summed E-state index contributed by atoms with van der Waals surface area (Å²) in [5.41, 5.74) is 2.36. The summed E-state index contributed by atoms with van der Waals surface area (Å²) in [6.07, 6.45) is 1.45. The number of para-hydroxylation sites is 1. The Labute approximate surface area is 208 Å². The summed E-state index contributed by atoms with van der Waals surface area (Å²) in [5.74, 6) is -0.127. The number of anilines is 2. The van der Waals surface area contributed by atoms with E-state index in [0.29, 0.717) is 45.6 Å². The molecule has 0 spiro atoms. The number of nitrogens with zero attached hydrogens (tertiary/aromatic N) is 1. The molecular weight excluding hydrogens is 466 g/mol. The molecule has 0 aromatic heterocycles. The van der Waals surface area contributed by atoms with Gasteiger partial charge in [-0.2, -0.15) is 5.26 Å². The number of halogens is 1. The van der Waals surface area contributed by atoms with Crippen LogP contribution in [0.1, 0.15) is 18.1 Å². The summed E-state index contributed by atoms with van der Waals surface area (Å²) in [7, 11) is 0. The van der Waals surface area contributed by atoms with Crippen molar-refractivity contribution in [3.8, 4) is 17.6 Å². The zero-order chi connectivity index (χ0) is 25.2. The van der Waals surface area contributed by atoms with E-state index in [2.05, 4.69) is 10.6 Å².